The number of nitro groups is 1. The lowest BCUT2D eigenvalue weighted by Crippen LogP contribution is -2.11. The van der Waals surface area contributed by atoms with Gasteiger partial charge < -0.3 is 10.2 Å². The minimum Gasteiger partial charge on any atom is -0.478 e. The summed E-state index contributed by atoms with van der Waals surface area (Å²) >= 11 is 0. The molecule has 0 amide bonds. The van der Waals surface area contributed by atoms with Gasteiger partial charge in [-0.3, -0.25) is 15.1 Å². The van der Waals surface area contributed by atoms with Crippen LogP contribution >= 0.6 is 0 Å². The van der Waals surface area contributed by atoms with E-state index in [1.165, 1.54) is 31.2 Å². The number of aryl methyl sites for hydroxylation is 1. The van der Waals surface area contributed by atoms with Gasteiger partial charge in [0.15, 0.2) is 0 Å². The highest BCUT2D eigenvalue weighted by molar-refractivity contribution is 6.06. The van der Waals surface area contributed by atoms with E-state index in [-0.39, 0.29) is 28.1 Å². The van der Waals surface area contributed by atoms with Crippen LogP contribution in [0.15, 0.2) is 30.5 Å². The molecular formula is C14H10N2O6. The van der Waals surface area contributed by atoms with Gasteiger partial charge in [-0.1, -0.05) is 12.1 Å². The van der Waals surface area contributed by atoms with Crippen molar-refractivity contribution < 1.29 is 24.7 Å². The number of aromatic nitrogens is 1. The number of aromatic carboxylic acids is 2. The molecule has 0 unspecified atom stereocenters. The lowest BCUT2D eigenvalue weighted by molar-refractivity contribution is -0.384. The van der Waals surface area contributed by atoms with Crippen LogP contribution in [0.25, 0.3) is 11.1 Å². The van der Waals surface area contributed by atoms with Crippen LogP contribution in [0.3, 0.4) is 0 Å². The number of benzene rings is 1. The van der Waals surface area contributed by atoms with Gasteiger partial charge in [-0.05, 0) is 13.0 Å². The summed E-state index contributed by atoms with van der Waals surface area (Å²) in [5.41, 5.74) is -1.37. The van der Waals surface area contributed by atoms with E-state index in [0.717, 1.165) is 6.20 Å². The molecule has 8 heteroatoms. The van der Waals surface area contributed by atoms with Gasteiger partial charge in [-0.15, -0.1) is 0 Å². The smallest absolute Gasteiger partial charge is 0.338 e. The molecule has 0 saturated carbocycles. The van der Waals surface area contributed by atoms with E-state index in [9.17, 15) is 29.9 Å². The minimum atomic E-state index is -1.41. The lowest BCUT2D eigenvalue weighted by atomic mass is 9.93. The topological polar surface area (TPSA) is 131 Å². The van der Waals surface area contributed by atoms with E-state index < -0.39 is 22.4 Å². The third kappa shape index (κ3) is 2.49. The molecule has 0 saturated heterocycles. The van der Waals surface area contributed by atoms with Crippen LogP contribution < -0.4 is 0 Å². The second-order valence-electron chi connectivity index (χ2n) is 4.39. The number of nitro benzene ring substituents is 1. The molecule has 0 atom stereocenters. The van der Waals surface area contributed by atoms with E-state index in [2.05, 4.69) is 4.98 Å². The lowest BCUT2D eigenvalue weighted by Gasteiger charge is -2.12. The molecular weight excluding hydrogens is 292 g/mol. The number of pyridine rings is 1. The highest BCUT2D eigenvalue weighted by Gasteiger charge is 2.27. The van der Waals surface area contributed by atoms with Crippen molar-refractivity contribution in [3.05, 3.63) is 57.4 Å². The van der Waals surface area contributed by atoms with Gasteiger partial charge >= 0.3 is 11.9 Å². The van der Waals surface area contributed by atoms with Crippen molar-refractivity contribution >= 4 is 17.6 Å². The number of carboxylic acids is 2. The summed E-state index contributed by atoms with van der Waals surface area (Å²) in [4.78, 5) is 37.0. The Morgan fingerprint density at radius 2 is 1.82 bits per heavy atom. The highest BCUT2D eigenvalue weighted by atomic mass is 16.6. The number of carbonyl (C=O) groups is 2. The van der Waals surface area contributed by atoms with Crippen molar-refractivity contribution in [1.82, 2.24) is 4.98 Å². The Morgan fingerprint density at radius 3 is 2.36 bits per heavy atom. The van der Waals surface area contributed by atoms with E-state index in [1.807, 2.05) is 0 Å². The first kappa shape index (κ1) is 15.1. The maximum absolute atomic E-state index is 11.5. The van der Waals surface area contributed by atoms with E-state index in [4.69, 9.17) is 0 Å². The molecule has 0 radical (unpaired) electrons. The molecule has 1 heterocycles. The minimum absolute atomic E-state index is 0.0747. The predicted molar refractivity (Wildman–Crippen MR) is 75.0 cm³/mol. The molecule has 0 bridgehead atoms. The Balaban J connectivity index is 2.96. The van der Waals surface area contributed by atoms with E-state index in [1.54, 1.807) is 0 Å². The first-order valence-corrected chi connectivity index (χ1v) is 6.04. The van der Waals surface area contributed by atoms with Gasteiger partial charge in [0.1, 0.15) is 0 Å². The molecule has 112 valence electrons. The second-order valence-corrected chi connectivity index (χ2v) is 4.39. The van der Waals surface area contributed by atoms with Crippen LogP contribution in [0.4, 0.5) is 5.69 Å². The van der Waals surface area contributed by atoms with Crippen LogP contribution in [0.5, 0.6) is 0 Å². The largest absolute Gasteiger partial charge is 0.478 e. The standard InChI is InChI=1S/C14H10N2O6/c1-7-11(14(19)20)12(9(6-15-7)13(17)18)8-4-2-3-5-10(8)16(21)22/h2-6H,1H3,(H,17,18)(H,19,20). The molecule has 0 aliphatic rings. The van der Waals surface area contributed by atoms with Crippen molar-refractivity contribution in [2.75, 3.05) is 0 Å². The van der Waals surface area contributed by atoms with E-state index in [0.29, 0.717) is 0 Å². The van der Waals surface area contributed by atoms with Gasteiger partial charge in [0.25, 0.3) is 5.69 Å². The number of hydrogen-bond donors (Lipinski definition) is 2. The average Bonchev–Trinajstić information content (AvgIpc) is 2.45. The molecule has 2 rings (SSSR count). The van der Waals surface area contributed by atoms with Gasteiger partial charge in [0.05, 0.1) is 27.3 Å². The van der Waals surface area contributed by atoms with Gasteiger partial charge in [0.2, 0.25) is 0 Å². The Labute approximate surface area is 123 Å². The summed E-state index contributed by atoms with van der Waals surface area (Å²) in [5.74, 6) is -2.82. The SMILES string of the molecule is Cc1ncc(C(=O)O)c(-c2ccccc2[N+](=O)[O-])c1C(=O)O. The van der Waals surface area contributed by atoms with Crippen molar-refractivity contribution in [1.29, 1.82) is 0 Å². The van der Waals surface area contributed by atoms with Crippen LogP contribution in [-0.4, -0.2) is 32.1 Å². The predicted octanol–water partition coefficient (Wildman–Crippen LogP) is 2.36. The number of rotatable bonds is 4. The molecule has 22 heavy (non-hydrogen) atoms. The molecule has 0 spiro atoms. The van der Waals surface area contributed by atoms with Crippen LogP contribution in [0.1, 0.15) is 26.4 Å². The zero-order valence-corrected chi connectivity index (χ0v) is 11.3. The summed E-state index contributed by atoms with van der Waals surface area (Å²) in [6, 6.07) is 5.38. The quantitative estimate of drug-likeness (QED) is 0.654. The zero-order valence-electron chi connectivity index (χ0n) is 11.3. The monoisotopic (exact) mass is 302 g/mol. The molecule has 1 aromatic heterocycles. The number of nitrogens with zero attached hydrogens (tertiary/aromatic N) is 2. The van der Waals surface area contributed by atoms with Crippen LogP contribution in [0.2, 0.25) is 0 Å². The van der Waals surface area contributed by atoms with Crippen molar-refractivity contribution in [2.45, 2.75) is 6.92 Å². The summed E-state index contributed by atoms with van der Waals surface area (Å²) in [6.07, 6.45) is 0.996. The Kier molecular flexibility index (Phi) is 3.85. The molecule has 1 aromatic carbocycles. The number of carboxylic acid groups (broad SMARTS) is 2. The maximum atomic E-state index is 11.5. The summed E-state index contributed by atoms with van der Waals surface area (Å²) in [6.45, 7) is 1.40. The van der Waals surface area contributed by atoms with Crippen molar-refractivity contribution in [3.63, 3.8) is 0 Å². The average molecular weight is 302 g/mol. The van der Waals surface area contributed by atoms with Gasteiger partial charge in [-0.2, -0.15) is 0 Å². The van der Waals surface area contributed by atoms with Crippen LogP contribution in [-0.2, 0) is 0 Å². The number of para-hydroxylation sites is 1. The summed E-state index contributed by atoms with van der Waals surface area (Å²) in [7, 11) is 0. The molecule has 0 aliphatic carbocycles. The number of hydrogen-bond acceptors (Lipinski definition) is 5. The Hall–Kier alpha value is -3.29. The fourth-order valence-electron chi connectivity index (χ4n) is 2.15. The second kappa shape index (κ2) is 5.60. The summed E-state index contributed by atoms with van der Waals surface area (Å²) in [5, 5.41) is 29.7. The van der Waals surface area contributed by atoms with Gasteiger partial charge in [0, 0.05) is 17.8 Å². The molecule has 8 nitrogen and oxygen atoms in total. The first-order valence-electron chi connectivity index (χ1n) is 6.04. The third-order valence-corrected chi connectivity index (χ3v) is 3.08. The Morgan fingerprint density at radius 1 is 1.18 bits per heavy atom. The fraction of sp³-hybridized carbons (Fsp3) is 0.0714. The zero-order chi connectivity index (χ0) is 16.4. The summed E-state index contributed by atoms with van der Waals surface area (Å²) < 4.78 is 0. The Bertz CT molecular complexity index is 800. The fourth-order valence-corrected chi connectivity index (χ4v) is 2.15. The van der Waals surface area contributed by atoms with Gasteiger partial charge in [-0.25, -0.2) is 9.59 Å². The molecule has 0 aliphatic heterocycles. The van der Waals surface area contributed by atoms with Crippen LogP contribution in [0, 0.1) is 17.0 Å². The highest BCUT2D eigenvalue weighted by Crippen LogP contribution is 2.35. The van der Waals surface area contributed by atoms with Crippen molar-refractivity contribution in [2.24, 2.45) is 0 Å². The maximum Gasteiger partial charge on any atom is 0.338 e. The molecule has 2 N–H and O–H groups in total. The van der Waals surface area contributed by atoms with E-state index >= 15 is 0 Å². The van der Waals surface area contributed by atoms with Crippen molar-refractivity contribution in [3.8, 4) is 11.1 Å². The first-order chi connectivity index (χ1) is 10.3. The third-order valence-electron chi connectivity index (χ3n) is 3.08. The molecule has 2 aromatic rings. The normalized spacial score (nSPS) is 10.2. The molecule has 0 fully saturated rings.